The monoisotopic (exact) mass is 362 g/mol. The zero-order valence-corrected chi connectivity index (χ0v) is 13.3. The van der Waals surface area contributed by atoms with Crippen LogP contribution in [-0.2, 0) is 19.6 Å². The Morgan fingerprint density at radius 2 is 2.00 bits per heavy atom. The molecule has 0 atom stereocenters. The number of rotatable bonds is 5. The lowest BCUT2D eigenvalue weighted by Gasteiger charge is -2.38. The third kappa shape index (κ3) is 3.38. The fourth-order valence-electron chi connectivity index (χ4n) is 1.88. The summed E-state index contributed by atoms with van der Waals surface area (Å²) in [6.07, 6.45) is 0. The number of hydrogen-bond donors (Lipinski definition) is 1. The number of methoxy groups -OCH3 is 1. The number of nitrogens with zero attached hydrogens (tertiary/aromatic N) is 1. The number of benzene rings is 1. The minimum Gasteiger partial charge on any atom is -0.375 e. The molecule has 0 unspecified atom stereocenters. The van der Waals surface area contributed by atoms with E-state index in [0.29, 0.717) is 0 Å². The van der Waals surface area contributed by atoms with E-state index in [1.807, 2.05) is 0 Å². The van der Waals surface area contributed by atoms with E-state index in [0.717, 1.165) is 4.47 Å². The third-order valence-electron chi connectivity index (χ3n) is 2.94. The zero-order valence-electron chi connectivity index (χ0n) is 10.9. The molecule has 1 aliphatic heterocycles. The van der Waals surface area contributed by atoms with Crippen LogP contribution in [0.4, 0.5) is 0 Å². The van der Waals surface area contributed by atoms with Crippen LogP contribution in [-0.4, -0.2) is 51.5 Å². The lowest BCUT2D eigenvalue weighted by molar-refractivity contribution is -0.126. The lowest BCUT2D eigenvalue weighted by atomic mass is 10.2. The second kappa shape index (κ2) is 6.21. The summed E-state index contributed by atoms with van der Waals surface area (Å²) in [5.41, 5.74) is 0. The molecule has 0 radical (unpaired) electrons. The molecule has 1 amide bonds. The van der Waals surface area contributed by atoms with Crippen LogP contribution in [0.2, 0.25) is 0 Å². The summed E-state index contributed by atoms with van der Waals surface area (Å²) in [4.78, 5) is 11.6. The predicted octanol–water partition coefficient (Wildman–Crippen LogP) is 0.585. The van der Waals surface area contributed by atoms with Crippen molar-refractivity contribution in [3.63, 3.8) is 0 Å². The smallest absolute Gasteiger partial charge is 0.246 e. The summed E-state index contributed by atoms with van der Waals surface area (Å²) in [6, 6.07) is 6.32. The number of nitrogens with one attached hydrogen (secondary N) is 1. The number of halogens is 1. The quantitative estimate of drug-likeness (QED) is 0.831. The molecule has 110 valence electrons. The van der Waals surface area contributed by atoms with Crippen molar-refractivity contribution in [2.24, 2.45) is 0 Å². The van der Waals surface area contributed by atoms with E-state index in [1.165, 1.54) is 11.4 Å². The minimum absolute atomic E-state index is 0.0179. The first-order chi connectivity index (χ1) is 9.43. The van der Waals surface area contributed by atoms with Crippen molar-refractivity contribution in [3.8, 4) is 0 Å². The minimum atomic E-state index is -3.47. The second-order valence-electron chi connectivity index (χ2n) is 4.47. The van der Waals surface area contributed by atoms with E-state index in [-0.39, 0.29) is 36.5 Å². The summed E-state index contributed by atoms with van der Waals surface area (Å²) in [6.45, 7) is 0.553. The highest BCUT2D eigenvalue weighted by molar-refractivity contribution is 9.10. The van der Waals surface area contributed by atoms with Crippen molar-refractivity contribution in [1.82, 2.24) is 9.62 Å². The van der Waals surface area contributed by atoms with Crippen LogP contribution in [0.15, 0.2) is 33.6 Å². The van der Waals surface area contributed by atoms with Crippen molar-refractivity contribution in [3.05, 3.63) is 28.7 Å². The highest BCUT2D eigenvalue weighted by atomic mass is 79.9. The highest BCUT2D eigenvalue weighted by Gasteiger charge is 2.37. The van der Waals surface area contributed by atoms with E-state index in [9.17, 15) is 13.2 Å². The molecule has 0 aromatic heterocycles. The van der Waals surface area contributed by atoms with Crippen molar-refractivity contribution in [1.29, 1.82) is 0 Å². The fourth-order valence-corrected chi connectivity index (χ4v) is 3.68. The summed E-state index contributed by atoms with van der Waals surface area (Å²) >= 11 is 3.26. The van der Waals surface area contributed by atoms with Gasteiger partial charge in [-0.3, -0.25) is 4.79 Å². The van der Waals surface area contributed by atoms with Crippen molar-refractivity contribution in [2.45, 2.75) is 10.9 Å². The van der Waals surface area contributed by atoms with Gasteiger partial charge in [0.05, 0.1) is 10.9 Å². The molecule has 2 rings (SSSR count). The first kappa shape index (κ1) is 15.4. The van der Waals surface area contributed by atoms with E-state index in [4.69, 9.17) is 4.74 Å². The van der Waals surface area contributed by atoms with Gasteiger partial charge in [0.1, 0.15) is 6.61 Å². The molecular formula is C12H15BrN2O4S. The van der Waals surface area contributed by atoms with Crippen molar-refractivity contribution >= 4 is 31.9 Å². The highest BCUT2D eigenvalue weighted by Crippen LogP contribution is 2.22. The summed E-state index contributed by atoms with van der Waals surface area (Å²) in [5.74, 6) is -0.238. The summed E-state index contributed by atoms with van der Waals surface area (Å²) in [7, 11) is -2.03. The Morgan fingerprint density at radius 1 is 1.40 bits per heavy atom. The normalized spacial score (nSPS) is 16.7. The molecule has 0 bridgehead atoms. The number of ether oxygens (including phenoxy) is 1. The Bertz CT molecular complexity index is 582. The summed E-state index contributed by atoms with van der Waals surface area (Å²) in [5, 5.41) is 2.70. The van der Waals surface area contributed by atoms with Gasteiger partial charge in [0.15, 0.2) is 0 Å². The Hall–Kier alpha value is -0.960. The van der Waals surface area contributed by atoms with Gasteiger partial charge < -0.3 is 10.1 Å². The first-order valence-electron chi connectivity index (χ1n) is 5.97. The Balaban J connectivity index is 1.94. The van der Waals surface area contributed by atoms with Gasteiger partial charge >= 0.3 is 0 Å². The average Bonchev–Trinajstić information content (AvgIpc) is 2.34. The molecule has 0 saturated carbocycles. The molecule has 1 aliphatic rings. The van der Waals surface area contributed by atoms with Crippen LogP contribution >= 0.6 is 15.9 Å². The molecule has 1 saturated heterocycles. The van der Waals surface area contributed by atoms with E-state index in [2.05, 4.69) is 21.2 Å². The van der Waals surface area contributed by atoms with Gasteiger partial charge in [0.2, 0.25) is 15.9 Å². The van der Waals surface area contributed by atoms with E-state index < -0.39 is 10.0 Å². The SMILES string of the molecule is COCC(=O)NC1CN(S(=O)(=O)c2ccc(Br)cc2)C1. The van der Waals surface area contributed by atoms with E-state index >= 15 is 0 Å². The number of carbonyl (C=O) groups excluding carboxylic acids is 1. The lowest BCUT2D eigenvalue weighted by Crippen LogP contribution is -2.61. The van der Waals surface area contributed by atoms with Crippen molar-refractivity contribution < 1.29 is 17.9 Å². The molecule has 20 heavy (non-hydrogen) atoms. The van der Waals surface area contributed by atoms with Gasteiger partial charge in [-0.15, -0.1) is 0 Å². The molecule has 6 nitrogen and oxygen atoms in total. The fraction of sp³-hybridized carbons (Fsp3) is 0.417. The molecule has 1 aromatic carbocycles. The Morgan fingerprint density at radius 3 is 2.55 bits per heavy atom. The maximum atomic E-state index is 12.3. The standard InChI is InChI=1S/C12H15BrN2O4S/c1-19-8-12(16)14-10-6-15(7-10)20(17,18)11-4-2-9(13)3-5-11/h2-5,10H,6-8H2,1H3,(H,14,16). The van der Waals surface area contributed by atoms with Crippen LogP contribution in [0, 0.1) is 0 Å². The van der Waals surface area contributed by atoms with Gasteiger partial charge in [-0.25, -0.2) is 8.42 Å². The average molecular weight is 363 g/mol. The zero-order chi connectivity index (χ0) is 14.8. The van der Waals surface area contributed by atoms with Crippen LogP contribution < -0.4 is 5.32 Å². The van der Waals surface area contributed by atoms with E-state index in [1.54, 1.807) is 24.3 Å². The number of hydrogen-bond acceptors (Lipinski definition) is 4. The molecule has 8 heteroatoms. The maximum absolute atomic E-state index is 12.3. The molecule has 1 heterocycles. The van der Waals surface area contributed by atoms with Gasteiger partial charge in [0.25, 0.3) is 0 Å². The van der Waals surface area contributed by atoms with Gasteiger partial charge in [-0.1, -0.05) is 15.9 Å². The number of sulfonamides is 1. The maximum Gasteiger partial charge on any atom is 0.246 e. The van der Waals surface area contributed by atoms with Crippen LogP contribution in [0.25, 0.3) is 0 Å². The number of carbonyl (C=O) groups is 1. The molecule has 1 aromatic rings. The molecule has 1 N–H and O–H groups in total. The molecule has 0 spiro atoms. The van der Waals surface area contributed by atoms with Gasteiger partial charge in [0, 0.05) is 24.7 Å². The second-order valence-corrected chi connectivity index (χ2v) is 7.33. The Labute approximate surface area is 126 Å². The first-order valence-corrected chi connectivity index (χ1v) is 8.21. The van der Waals surface area contributed by atoms with Gasteiger partial charge in [-0.05, 0) is 24.3 Å². The van der Waals surface area contributed by atoms with Crippen LogP contribution in [0.5, 0.6) is 0 Å². The Kier molecular flexibility index (Phi) is 4.79. The molecule has 1 fully saturated rings. The van der Waals surface area contributed by atoms with Crippen LogP contribution in [0.1, 0.15) is 0 Å². The third-order valence-corrected chi connectivity index (χ3v) is 5.31. The number of amides is 1. The molecule has 0 aliphatic carbocycles. The largest absolute Gasteiger partial charge is 0.375 e. The topological polar surface area (TPSA) is 75.7 Å². The van der Waals surface area contributed by atoms with Crippen LogP contribution in [0.3, 0.4) is 0 Å². The predicted molar refractivity (Wildman–Crippen MR) is 76.7 cm³/mol. The molecular weight excluding hydrogens is 348 g/mol. The summed E-state index contributed by atoms with van der Waals surface area (Å²) < 4.78 is 31.4. The van der Waals surface area contributed by atoms with Crippen molar-refractivity contribution in [2.75, 3.05) is 26.8 Å². The van der Waals surface area contributed by atoms with Gasteiger partial charge in [-0.2, -0.15) is 4.31 Å².